The lowest BCUT2D eigenvalue weighted by Gasteiger charge is -2.43. The number of carbonyl (C=O) groups excluding carboxylic acids is 1. The van der Waals surface area contributed by atoms with Crippen molar-refractivity contribution in [1.29, 1.82) is 0 Å². The van der Waals surface area contributed by atoms with Crippen molar-refractivity contribution in [3.05, 3.63) is 41.2 Å². The summed E-state index contributed by atoms with van der Waals surface area (Å²) >= 11 is 0. The molecule has 2 aliphatic heterocycles. The highest BCUT2D eigenvalue weighted by atomic mass is 32.2. The van der Waals surface area contributed by atoms with Gasteiger partial charge in [0.05, 0.1) is 23.1 Å². The summed E-state index contributed by atoms with van der Waals surface area (Å²) in [6, 6.07) is 1.40. The zero-order chi connectivity index (χ0) is 18.2. The van der Waals surface area contributed by atoms with Crippen LogP contribution < -0.4 is 0 Å². The smallest absolute Gasteiger partial charge is 0.256 e. The molecule has 0 saturated carbocycles. The lowest BCUT2D eigenvalue weighted by molar-refractivity contribution is 0.0367. The molecule has 25 heavy (non-hydrogen) atoms. The normalized spacial score (nSPS) is 25.5. The molecule has 1 aromatic rings. The topological polar surface area (TPSA) is 70.6 Å². The van der Waals surface area contributed by atoms with Gasteiger partial charge in [-0.1, -0.05) is 11.6 Å². The molecule has 3 heterocycles. The van der Waals surface area contributed by atoms with Crippen LogP contribution in [0.3, 0.4) is 0 Å². The molecule has 1 amide bonds. The quantitative estimate of drug-likeness (QED) is 0.757. The molecule has 2 fully saturated rings. The van der Waals surface area contributed by atoms with Crippen molar-refractivity contribution in [2.45, 2.75) is 32.9 Å². The fourth-order valence-electron chi connectivity index (χ4n) is 3.65. The predicted octanol–water partition coefficient (Wildman–Crippen LogP) is 1.28. The SMILES string of the molecule is CC(C)=CCN1CCN(C(=O)c2cnccc2C)[C@H]2CS(=O)(=O)C[C@H]21. The largest absolute Gasteiger partial charge is 0.332 e. The first kappa shape index (κ1) is 18.1. The molecule has 0 aliphatic carbocycles. The summed E-state index contributed by atoms with van der Waals surface area (Å²) in [6.45, 7) is 7.91. The average molecular weight is 363 g/mol. The molecule has 0 aromatic carbocycles. The molecular weight excluding hydrogens is 338 g/mol. The molecule has 0 bridgehead atoms. The number of pyridine rings is 1. The Morgan fingerprint density at radius 2 is 2.00 bits per heavy atom. The number of rotatable bonds is 3. The number of fused-ring (bicyclic) bond motifs is 1. The van der Waals surface area contributed by atoms with Crippen molar-refractivity contribution in [3.8, 4) is 0 Å². The summed E-state index contributed by atoms with van der Waals surface area (Å²) < 4.78 is 24.5. The maximum Gasteiger partial charge on any atom is 0.256 e. The number of sulfone groups is 1. The Balaban J connectivity index is 1.87. The van der Waals surface area contributed by atoms with Gasteiger partial charge in [-0.3, -0.25) is 14.7 Å². The minimum absolute atomic E-state index is 0.0496. The lowest BCUT2D eigenvalue weighted by atomic mass is 10.0. The molecule has 2 atom stereocenters. The second kappa shape index (κ2) is 6.88. The van der Waals surface area contributed by atoms with Crippen LogP contribution in [0.1, 0.15) is 29.8 Å². The summed E-state index contributed by atoms with van der Waals surface area (Å²) in [5.41, 5.74) is 2.63. The van der Waals surface area contributed by atoms with Gasteiger partial charge >= 0.3 is 0 Å². The van der Waals surface area contributed by atoms with Gasteiger partial charge in [-0.15, -0.1) is 0 Å². The Hall–Kier alpha value is -1.73. The molecule has 0 spiro atoms. The summed E-state index contributed by atoms with van der Waals surface area (Å²) in [5, 5.41) is 0. The third-order valence-corrected chi connectivity index (χ3v) is 6.75. The second-order valence-electron chi connectivity index (χ2n) is 7.18. The monoisotopic (exact) mass is 363 g/mol. The van der Waals surface area contributed by atoms with Gasteiger partial charge in [0.25, 0.3) is 5.91 Å². The number of aromatic nitrogens is 1. The van der Waals surface area contributed by atoms with E-state index in [1.165, 1.54) is 5.57 Å². The van der Waals surface area contributed by atoms with E-state index in [4.69, 9.17) is 0 Å². The highest BCUT2D eigenvalue weighted by Crippen LogP contribution is 2.28. The fraction of sp³-hybridized carbons (Fsp3) is 0.556. The van der Waals surface area contributed by atoms with Gasteiger partial charge in [-0.2, -0.15) is 0 Å². The number of carbonyl (C=O) groups is 1. The molecule has 7 heteroatoms. The van der Waals surface area contributed by atoms with E-state index in [1.54, 1.807) is 23.4 Å². The fourth-order valence-corrected chi connectivity index (χ4v) is 5.66. The summed E-state index contributed by atoms with van der Waals surface area (Å²) in [6.07, 6.45) is 5.35. The first-order chi connectivity index (χ1) is 11.8. The van der Waals surface area contributed by atoms with Gasteiger partial charge in [0.2, 0.25) is 0 Å². The van der Waals surface area contributed by atoms with E-state index < -0.39 is 9.84 Å². The number of piperazine rings is 1. The second-order valence-corrected chi connectivity index (χ2v) is 9.33. The predicted molar refractivity (Wildman–Crippen MR) is 97.2 cm³/mol. The molecule has 0 N–H and O–H groups in total. The standard InChI is InChI=1S/C18H25N3O3S/c1-13(2)5-7-20-8-9-21(17-12-25(23,24)11-16(17)20)18(22)15-10-19-6-4-14(15)3/h4-6,10,16-17H,7-9,11-12H2,1-3H3/t16-,17+/m1/s1. The molecular formula is C18H25N3O3S. The summed E-state index contributed by atoms with van der Waals surface area (Å²) in [5.74, 6) is 0.0672. The number of hydrogen-bond acceptors (Lipinski definition) is 5. The van der Waals surface area contributed by atoms with Crippen LogP contribution in [0.2, 0.25) is 0 Å². The van der Waals surface area contributed by atoms with Crippen LogP contribution >= 0.6 is 0 Å². The van der Waals surface area contributed by atoms with Crippen molar-refractivity contribution in [3.63, 3.8) is 0 Å². The zero-order valence-corrected chi connectivity index (χ0v) is 15.8. The highest BCUT2D eigenvalue weighted by molar-refractivity contribution is 7.91. The van der Waals surface area contributed by atoms with E-state index >= 15 is 0 Å². The average Bonchev–Trinajstić information content (AvgIpc) is 2.87. The van der Waals surface area contributed by atoms with Crippen LogP contribution in [0.5, 0.6) is 0 Å². The van der Waals surface area contributed by atoms with Gasteiger partial charge < -0.3 is 4.90 Å². The molecule has 1 aromatic heterocycles. The van der Waals surface area contributed by atoms with E-state index in [-0.39, 0.29) is 29.5 Å². The van der Waals surface area contributed by atoms with Crippen molar-refractivity contribution in [2.24, 2.45) is 0 Å². The number of nitrogens with zero attached hydrogens (tertiary/aromatic N) is 3. The molecule has 0 radical (unpaired) electrons. The Labute approximate surface area is 149 Å². The Morgan fingerprint density at radius 3 is 2.68 bits per heavy atom. The Morgan fingerprint density at radius 1 is 1.28 bits per heavy atom. The molecule has 2 aliphatic rings. The van der Waals surface area contributed by atoms with Crippen LogP contribution in [0.25, 0.3) is 0 Å². The number of hydrogen-bond donors (Lipinski definition) is 0. The van der Waals surface area contributed by atoms with Crippen LogP contribution in [0.4, 0.5) is 0 Å². The van der Waals surface area contributed by atoms with E-state index in [1.807, 2.05) is 20.8 Å². The van der Waals surface area contributed by atoms with E-state index in [0.717, 1.165) is 12.1 Å². The van der Waals surface area contributed by atoms with E-state index in [2.05, 4.69) is 16.0 Å². The van der Waals surface area contributed by atoms with Crippen LogP contribution in [-0.2, 0) is 9.84 Å². The van der Waals surface area contributed by atoms with Crippen molar-refractivity contribution < 1.29 is 13.2 Å². The van der Waals surface area contributed by atoms with Gasteiger partial charge in [-0.25, -0.2) is 8.42 Å². The van der Waals surface area contributed by atoms with Crippen LogP contribution in [-0.4, -0.2) is 72.3 Å². The van der Waals surface area contributed by atoms with Crippen molar-refractivity contribution in [1.82, 2.24) is 14.8 Å². The minimum Gasteiger partial charge on any atom is -0.332 e. The summed E-state index contributed by atoms with van der Waals surface area (Å²) in [4.78, 5) is 21.0. The van der Waals surface area contributed by atoms with Gasteiger partial charge in [-0.05, 0) is 32.4 Å². The maximum atomic E-state index is 13.0. The molecule has 136 valence electrons. The first-order valence-electron chi connectivity index (χ1n) is 8.58. The molecule has 3 rings (SSSR count). The molecule has 0 unspecified atom stereocenters. The third-order valence-electron chi connectivity index (χ3n) is 5.06. The van der Waals surface area contributed by atoms with E-state index in [9.17, 15) is 13.2 Å². The van der Waals surface area contributed by atoms with Crippen LogP contribution in [0.15, 0.2) is 30.1 Å². The Bertz CT molecular complexity index is 800. The minimum atomic E-state index is -3.13. The summed E-state index contributed by atoms with van der Waals surface area (Å²) in [7, 11) is -3.13. The Kier molecular flexibility index (Phi) is 4.97. The maximum absolute atomic E-state index is 13.0. The van der Waals surface area contributed by atoms with Crippen molar-refractivity contribution in [2.75, 3.05) is 31.1 Å². The number of allylic oxidation sites excluding steroid dienone is 1. The van der Waals surface area contributed by atoms with Gasteiger partial charge in [0.1, 0.15) is 0 Å². The zero-order valence-electron chi connectivity index (χ0n) is 15.0. The van der Waals surface area contributed by atoms with Gasteiger partial charge in [0.15, 0.2) is 9.84 Å². The van der Waals surface area contributed by atoms with Crippen LogP contribution in [0, 0.1) is 6.92 Å². The highest BCUT2D eigenvalue weighted by Gasteiger charge is 2.47. The number of amides is 1. The third kappa shape index (κ3) is 3.77. The molecule has 2 saturated heterocycles. The van der Waals surface area contributed by atoms with Gasteiger partial charge in [0, 0.05) is 38.1 Å². The lowest BCUT2D eigenvalue weighted by Crippen LogP contribution is -2.60. The molecule has 6 nitrogen and oxygen atoms in total. The first-order valence-corrected chi connectivity index (χ1v) is 10.4. The number of aryl methyl sites for hydroxylation is 1. The van der Waals surface area contributed by atoms with Crippen molar-refractivity contribution >= 4 is 15.7 Å². The van der Waals surface area contributed by atoms with E-state index in [0.29, 0.717) is 18.7 Å².